The van der Waals surface area contributed by atoms with Gasteiger partial charge < -0.3 is 15.0 Å². The lowest BCUT2D eigenvalue weighted by Gasteiger charge is -2.39. The molecule has 2 rings (SSSR count). The lowest BCUT2D eigenvalue weighted by molar-refractivity contribution is 0.0495. The van der Waals surface area contributed by atoms with E-state index in [9.17, 15) is 4.79 Å². The molecule has 0 atom stereocenters. The maximum atomic E-state index is 11.6. The minimum absolute atomic E-state index is 0.0131. The molecular weight excluding hydrogens is 258 g/mol. The van der Waals surface area contributed by atoms with Crippen molar-refractivity contribution in [3.8, 4) is 6.07 Å². The molecule has 0 radical (unpaired) electrons. The highest BCUT2D eigenvalue weighted by Gasteiger charge is 2.31. The summed E-state index contributed by atoms with van der Waals surface area (Å²) in [6.45, 7) is 6.67. The SMILES string of the molecule is CC(C)(C)OC(=O)NC1CN(c2nccc(C#N)n2)C1. The average molecular weight is 275 g/mol. The summed E-state index contributed by atoms with van der Waals surface area (Å²) in [7, 11) is 0. The van der Waals surface area contributed by atoms with Gasteiger partial charge in [-0.1, -0.05) is 0 Å². The van der Waals surface area contributed by atoms with Gasteiger partial charge in [0.2, 0.25) is 5.95 Å². The van der Waals surface area contributed by atoms with E-state index in [1.807, 2.05) is 31.7 Å². The molecule has 7 heteroatoms. The van der Waals surface area contributed by atoms with E-state index in [0.717, 1.165) is 0 Å². The molecule has 2 heterocycles. The van der Waals surface area contributed by atoms with Crippen molar-refractivity contribution in [3.05, 3.63) is 18.0 Å². The Bertz CT molecular complexity index is 540. The average Bonchev–Trinajstić information content (AvgIpc) is 2.31. The van der Waals surface area contributed by atoms with Gasteiger partial charge in [0.05, 0.1) is 6.04 Å². The van der Waals surface area contributed by atoms with Gasteiger partial charge in [-0.25, -0.2) is 14.8 Å². The maximum Gasteiger partial charge on any atom is 0.407 e. The van der Waals surface area contributed by atoms with Crippen LogP contribution in [0.2, 0.25) is 0 Å². The van der Waals surface area contributed by atoms with E-state index in [2.05, 4.69) is 15.3 Å². The molecule has 1 saturated heterocycles. The van der Waals surface area contributed by atoms with Gasteiger partial charge in [-0.3, -0.25) is 0 Å². The number of amides is 1. The highest BCUT2D eigenvalue weighted by Crippen LogP contribution is 2.16. The topological polar surface area (TPSA) is 91.1 Å². The molecule has 0 saturated carbocycles. The van der Waals surface area contributed by atoms with Crippen LogP contribution in [0.3, 0.4) is 0 Å². The Labute approximate surface area is 117 Å². The number of nitrogens with zero attached hydrogens (tertiary/aromatic N) is 4. The molecule has 1 N–H and O–H groups in total. The van der Waals surface area contributed by atoms with Crippen molar-refractivity contribution < 1.29 is 9.53 Å². The molecule has 0 unspecified atom stereocenters. The van der Waals surface area contributed by atoms with E-state index in [-0.39, 0.29) is 6.04 Å². The zero-order chi connectivity index (χ0) is 14.8. The Balaban J connectivity index is 1.83. The number of rotatable bonds is 2. The van der Waals surface area contributed by atoms with Gasteiger partial charge in [0.25, 0.3) is 0 Å². The van der Waals surface area contributed by atoms with Gasteiger partial charge in [-0.2, -0.15) is 5.26 Å². The van der Waals surface area contributed by atoms with Crippen molar-refractivity contribution in [3.63, 3.8) is 0 Å². The van der Waals surface area contributed by atoms with Crippen LogP contribution in [0.15, 0.2) is 12.3 Å². The van der Waals surface area contributed by atoms with Gasteiger partial charge in [-0.05, 0) is 26.8 Å². The second-order valence-corrected chi connectivity index (χ2v) is 5.60. The monoisotopic (exact) mass is 275 g/mol. The highest BCUT2D eigenvalue weighted by atomic mass is 16.6. The third-order valence-electron chi connectivity index (χ3n) is 2.64. The number of ether oxygens (including phenoxy) is 1. The molecule has 0 aliphatic carbocycles. The smallest absolute Gasteiger partial charge is 0.407 e. The maximum absolute atomic E-state index is 11.6. The number of nitriles is 1. The summed E-state index contributed by atoms with van der Waals surface area (Å²) in [4.78, 5) is 21.7. The van der Waals surface area contributed by atoms with Gasteiger partial charge in [0.15, 0.2) is 0 Å². The van der Waals surface area contributed by atoms with E-state index in [1.54, 1.807) is 12.3 Å². The van der Waals surface area contributed by atoms with Crippen LogP contribution in [0.1, 0.15) is 26.5 Å². The molecule has 106 valence electrons. The van der Waals surface area contributed by atoms with Crippen LogP contribution in [0.25, 0.3) is 0 Å². The standard InChI is InChI=1S/C13H17N5O2/c1-13(2,3)20-12(19)17-10-7-18(8-10)11-15-5-4-9(6-14)16-11/h4-5,10H,7-8H2,1-3H3,(H,17,19). The Kier molecular flexibility index (Phi) is 3.74. The number of nitrogens with one attached hydrogen (secondary N) is 1. The molecule has 0 spiro atoms. The Morgan fingerprint density at radius 2 is 2.25 bits per heavy atom. The van der Waals surface area contributed by atoms with Crippen molar-refractivity contribution in [1.82, 2.24) is 15.3 Å². The summed E-state index contributed by atoms with van der Waals surface area (Å²) in [5.74, 6) is 0.506. The Morgan fingerprint density at radius 1 is 1.55 bits per heavy atom. The zero-order valence-electron chi connectivity index (χ0n) is 11.8. The fraction of sp³-hybridized carbons (Fsp3) is 0.538. The molecule has 1 aromatic heterocycles. The van der Waals surface area contributed by atoms with Crippen molar-refractivity contribution >= 4 is 12.0 Å². The van der Waals surface area contributed by atoms with Crippen LogP contribution in [-0.4, -0.2) is 40.8 Å². The first kappa shape index (κ1) is 14.1. The first-order chi connectivity index (χ1) is 9.37. The molecule has 0 bridgehead atoms. The molecule has 0 aromatic carbocycles. The van der Waals surface area contributed by atoms with E-state index in [4.69, 9.17) is 10.00 Å². The number of carbonyl (C=O) groups is 1. The van der Waals surface area contributed by atoms with E-state index < -0.39 is 11.7 Å². The van der Waals surface area contributed by atoms with Crippen LogP contribution in [0, 0.1) is 11.3 Å². The molecule has 20 heavy (non-hydrogen) atoms. The summed E-state index contributed by atoms with van der Waals surface area (Å²) in [5.41, 5.74) is -0.170. The van der Waals surface area contributed by atoms with E-state index in [1.165, 1.54) is 0 Å². The van der Waals surface area contributed by atoms with Gasteiger partial charge in [0, 0.05) is 19.3 Å². The highest BCUT2D eigenvalue weighted by molar-refractivity contribution is 5.68. The largest absolute Gasteiger partial charge is 0.444 e. The number of hydrogen-bond donors (Lipinski definition) is 1. The fourth-order valence-corrected chi connectivity index (χ4v) is 1.77. The number of alkyl carbamates (subject to hydrolysis) is 1. The van der Waals surface area contributed by atoms with E-state index >= 15 is 0 Å². The Hall–Kier alpha value is -2.36. The third kappa shape index (κ3) is 3.57. The van der Waals surface area contributed by atoms with Gasteiger partial charge >= 0.3 is 6.09 Å². The lowest BCUT2D eigenvalue weighted by atomic mass is 10.1. The first-order valence-corrected chi connectivity index (χ1v) is 6.35. The summed E-state index contributed by atoms with van der Waals surface area (Å²) < 4.78 is 5.18. The molecule has 1 aliphatic rings. The predicted molar refractivity (Wildman–Crippen MR) is 72.1 cm³/mol. The third-order valence-corrected chi connectivity index (χ3v) is 2.64. The van der Waals surface area contributed by atoms with Crippen LogP contribution in [0.5, 0.6) is 0 Å². The molecule has 1 amide bonds. The predicted octanol–water partition coefficient (Wildman–Crippen LogP) is 1.06. The van der Waals surface area contributed by atoms with Crippen molar-refractivity contribution in [2.45, 2.75) is 32.4 Å². The summed E-state index contributed by atoms with van der Waals surface area (Å²) in [5, 5.41) is 11.6. The Morgan fingerprint density at radius 3 is 2.85 bits per heavy atom. The molecular formula is C13H17N5O2. The minimum atomic E-state index is -0.502. The fourth-order valence-electron chi connectivity index (χ4n) is 1.77. The van der Waals surface area contributed by atoms with Crippen LogP contribution >= 0.6 is 0 Å². The van der Waals surface area contributed by atoms with Crippen LogP contribution in [0.4, 0.5) is 10.7 Å². The number of carbonyl (C=O) groups excluding carboxylic acids is 1. The van der Waals surface area contributed by atoms with Gasteiger partial charge in [-0.15, -0.1) is 0 Å². The van der Waals surface area contributed by atoms with E-state index in [0.29, 0.717) is 24.7 Å². The second kappa shape index (κ2) is 5.33. The zero-order valence-corrected chi connectivity index (χ0v) is 11.8. The molecule has 1 aliphatic heterocycles. The summed E-state index contributed by atoms with van der Waals surface area (Å²) >= 11 is 0. The normalized spacial score (nSPS) is 15.2. The first-order valence-electron chi connectivity index (χ1n) is 6.35. The number of aromatic nitrogens is 2. The van der Waals surface area contributed by atoms with Crippen LogP contribution in [-0.2, 0) is 4.74 Å². The second-order valence-electron chi connectivity index (χ2n) is 5.60. The van der Waals surface area contributed by atoms with Crippen molar-refractivity contribution in [1.29, 1.82) is 5.26 Å². The molecule has 1 aromatic rings. The van der Waals surface area contributed by atoms with Crippen LogP contribution < -0.4 is 10.2 Å². The number of anilines is 1. The lowest BCUT2D eigenvalue weighted by Crippen LogP contribution is -2.60. The quantitative estimate of drug-likeness (QED) is 0.867. The summed E-state index contributed by atoms with van der Waals surface area (Å²) in [6.07, 6.45) is 1.13. The summed E-state index contributed by atoms with van der Waals surface area (Å²) in [6, 6.07) is 3.54. The minimum Gasteiger partial charge on any atom is -0.444 e. The van der Waals surface area contributed by atoms with Crippen molar-refractivity contribution in [2.75, 3.05) is 18.0 Å². The van der Waals surface area contributed by atoms with Gasteiger partial charge in [0.1, 0.15) is 17.4 Å². The van der Waals surface area contributed by atoms with Crippen molar-refractivity contribution in [2.24, 2.45) is 0 Å². The molecule has 1 fully saturated rings. The molecule has 7 nitrogen and oxygen atoms in total. The number of hydrogen-bond acceptors (Lipinski definition) is 6.